The summed E-state index contributed by atoms with van der Waals surface area (Å²) in [5, 5.41) is 15.0. The Labute approximate surface area is 217 Å². The number of imidazole rings is 1. The molecule has 10 heteroatoms. The molecule has 4 aromatic rings. The highest BCUT2D eigenvalue weighted by atomic mass is 32.1. The Kier molecular flexibility index (Phi) is 8.42. The summed E-state index contributed by atoms with van der Waals surface area (Å²) in [7, 11) is 0. The van der Waals surface area contributed by atoms with E-state index in [0.29, 0.717) is 24.0 Å². The number of H-pyrrole nitrogens is 1. The summed E-state index contributed by atoms with van der Waals surface area (Å²) in [5.41, 5.74) is 8.03. The Hall–Kier alpha value is -4.31. The molecule has 190 valence electrons. The van der Waals surface area contributed by atoms with Gasteiger partial charge in [0.2, 0.25) is 5.91 Å². The highest BCUT2D eigenvalue weighted by Crippen LogP contribution is 2.30. The molecule has 2 aromatic heterocycles. The molecular weight excluding hydrogens is 490 g/mol. The zero-order valence-electron chi connectivity index (χ0n) is 20.0. The number of carboxylic acid groups (broad SMARTS) is 1. The fourth-order valence-corrected chi connectivity index (χ4v) is 4.91. The minimum Gasteiger partial charge on any atom is -0.480 e. The average Bonchev–Trinajstić information content (AvgIpc) is 3.61. The molecule has 5 N–H and O–H groups in total. The molecule has 2 aromatic carbocycles. The van der Waals surface area contributed by atoms with Gasteiger partial charge in [0.05, 0.1) is 5.01 Å². The Morgan fingerprint density at radius 2 is 1.86 bits per heavy atom. The van der Waals surface area contributed by atoms with E-state index in [4.69, 9.17) is 5.73 Å². The normalized spacial score (nSPS) is 12.5. The van der Waals surface area contributed by atoms with Crippen LogP contribution in [0.3, 0.4) is 0 Å². The first-order chi connectivity index (χ1) is 17.9. The van der Waals surface area contributed by atoms with Crippen molar-refractivity contribution in [2.45, 2.75) is 37.6 Å². The summed E-state index contributed by atoms with van der Waals surface area (Å²) in [6, 6.07) is 13.8. The number of aromatic amines is 1. The maximum atomic E-state index is 13.2. The highest BCUT2D eigenvalue weighted by Gasteiger charge is 2.24. The van der Waals surface area contributed by atoms with Gasteiger partial charge in [-0.15, -0.1) is 11.3 Å². The number of aliphatic carboxylic acids is 1. The van der Waals surface area contributed by atoms with Gasteiger partial charge in [0.15, 0.2) is 0 Å². The van der Waals surface area contributed by atoms with Gasteiger partial charge in [-0.05, 0) is 35.6 Å². The Morgan fingerprint density at radius 1 is 1.05 bits per heavy atom. The number of rotatable bonds is 12. The first-order valence-electron chi connectivity index (χ1n) is 11.8. The number of aromatic nitrogens is 3. The molecule has 1 unspecified atom stereocenters. The number of thiazole rings is 1. The molecular formula is C27H27N5O4S. The van der Waals surface area contributed by atoms with Crippen LogP contribution in [-0.2, 0) is 22.4 Å². The van der Waals surface area contributed by atoms with Gasteiger partial charge in [-0.3, -0.25) is 9.59 Å². The molecule has 4 rings (SSSR count). The molecule has 0 bridgehead atoms. The fraction of sp³-hybridized carbons (Fsp3) is 0.222. The van der Waals surface area contributed by atoms with Crippen LogP contribution in [0, 0.1) is 0 Å². The predicted octanol–water partition coefficient (Wildman–Crippen LogP) is 3.55. The van der Waals surface area contributed by atoms with Crippen LogP contribution in [-0.4, -0.2) is 43.9 Å². The van der Waals surface area contributed by atoms with E-state index in [-0.39, 0.29) is 18.8 Å². The van der Waals surface area contributed by atoms with Crippen LogP contribution in [0.25, 0.3) is 11.1 Å². The first-order valence-corrected chi connectivity index (χ1v) is 12.7. The Balaban J connectivity index is 1.64. The number of hydrogen-bond acceptors (Lipinski definition) is 6. The van der Waals surface area contributed by atoms with Gasteiger partial charge < -0.3 is 21.1 Å². The molecule has 0 saturated heterocycles. The summed E-state index contributed by atoms with van der Waals surface area (Å²) >= 11 is 1.59. The third-order valence-corrected chi connectivity index (χ3v) is 6.91. The van der Waals surface area contributed by atoms with Crippen LogP contribution < -0.4 is 11.1 Å². The molecule has 2 heterocycles. The number of hydrogen-bond donors (Lipinski definition) is 4. The number of nitrogens with one attached hydrogen (secondary N) is 2. The predicted molar refractivity (Wildman–Crippen MR) is 140 cm³/mol. The van der Waals surface area contributed by atoms with Crippen molar-refractivity contribution < 1.29 is 19.5 Å². The van der Waals surface area contributed by atoms with Gasteiger partial charge >= 0.3 is 5.97 Å². The zero-order valence-corrected chi connectivity index (χ0v) is 20.8. The quantitative estimate of drug-likeness (QED) is 0.226. The van der Waals surface area contributed by atoms with Crippen LogP contribution in [0.15, 0.2) is 72.5 Å². The number of primary amides is 1. The van der Waals surface area contributed by atoms with Gasteiger partial charge in [-0.2, -0.15) is 0 Å². The van der Waals surface area contributed by atoms with Crippen molar-refractivity contribution in [1.29, 1.82) is 0 Å². The van der Waals surface area contributed by atoms with Crippen LogP contribution in [0.1, 0.15) is 45.5 Å². The van der Waals surface area contributed by atoms with Crippen molar-refractivity contribution in [2.24, 2.45) is 5.73 Å². The van der Waals surface area contributed by atoms with Gasteiger partial charge in [-0.25, -0.2) is 14.8 Å². The van der Waals surface area contributed by atoms with E-state index < -0.39 is 23.8 Å². The smallest absolute Gasteiger partial charge is 0.326 e. The van der Waals surface area contributed by atoms with E-state index in [2.05, 4.69) is 20.3 Å². The lowest BCUT2D eigenvalue weighted by molar-refractivity contribution is -0.139. The van der Waals surface area contributed by atoms with Crippen molar-refractivity contribution >= 4 is 29.1 Å². The molecule has 0 radical (unpaired) electrons. The summed E-state index contributed by atoms with van der Waals surface area (Å²) < 4.78 is 0. The lowest BCUT2D eigenvalue weighted by Gasteiger charge is -2.18. The largest absolute Gasteiger partial charge is 0.480 e. The summed E-state index contributed by atoms with van der Waals surface area (Å²) in [6.45, 7) is 0. The maximum Gasteiger partial charge on any atom is 0.326 e. The average molecular weight is 518 g/mol. The topological polar surface area (TPSA) is 151 Å². The molecule has 0 saturated carbocycles. The van der Waals surface area contributed by atoms with E-state index in [0.717, 1.165) is 22.0 Å². The number of nitrogens with zero attached hydrogens (tertiary/aromatic N) is 2. The van der Waals surface area contributed by atoms with E-state index >= 15 is 0 Å². The van der Waals surface area contributed by atoms with Crippen molar-refractivity contribution in [3.05, 3.63) is 94.5 Å². The summed E-state index contributed by atoms with van der Waals surface area (Å²) in [4.78, 5) is 48.1. The first kappa shape index (κ1) is 25.8. The van der Waals surface area contributed by atoms with E-state index in [9.17, 15) is 19.5 Å². The van der Waals surface area contributed by atoms with Crippen LogP contribution in [0.5, 0.6) is 0 Å². The zero-order chi connectivity index (χ0) is 26.2. The lowest BCUT2D eigenvalue weighted by Crippen LogP contribution is -2.41. The second kappa shape index (κ2) is 12.1. The number of amides is 2. The van der Waals surface area contributed by atoms with Gasteiger partial charge in [-0.1, -0.05) is 42.5 Å². The van der Waals surface area contributed by atoms with Crippen LogP contribution >= 0.6 is 11.3 Å². The van der Waals surface area contributed by atoms with Crippen LogP contribution in [0.2, 0.25) is 0 Å². The molecule has 0 aliphatic rings. The highest BCUT2D eigenvalue weighted by molar-refractivity contribution is 7.09. The third-order valence-electron chi connectivity index (χ3n) is 5.97. The van der Waals surface area contributed by atoms with E-state index in [1.165, 1.54) is 0 Å². The molecule has 37 heavy (non-hydrogen) atoms. The fourth-order valence-electron chi connectivity index (χ4n) is 4.16. The maximum absolute atomic E-state index is 13.2. The molecule has 0 spiro atoms. The number of carboxylic acids is 1. The number of benzene rings is 2. The van der Waals surface area contributed by atoms with E-state index in [1.807, 2.05) is 47.8 Å². The van der Waals surface area contributed by atoms with Crippen LogP contribution in [0.4, 0.5) is 0 Å². The van der Waals surface area contributed by atoms with Gasteiger partial charge in [0, 0.05) is 48.3 Å². The second-order valence-electron chi connectivity index (χ2n) is 8.63. The molecule has 9 nitrogen and oxygen atoms in total. The van der Waals surface area contributed by atoms with Crippen molar-refractivity contribution in [3.63, 3.8) is 0 Å². The van der Waals surface area contributed by atoms with E-state index in [1.54, 1.807) is 36.0 Å². The van der Waals surface area contributed by atoms with Crippen molar-refractivity contribution in [3.8, 4) is 11.1 Å². The van der Waals surface area contributed by atoms with Crippen molar-refractivity contribution in [1.82, 2.24) is 20.3 Å². The lowest BCUT2D eigenvalue weighted by atomic mass is 9.91. The summed E-state index contributed by atoms with van der Waals surface area (Å²) in [5.74, 6) is -1.43. The van der Waals surface area contributed by atoms with Gasteiger partial charge in [0.1, 0.15) is 11.9 Å². The minimum atomic E-state index is -1.23. The van der Waals surface area contributed by atoms with Gasteiger partial charge in [0.25, 0.3) is 5.91 Å². The number of carbonyl (C=O) groups excluding carboxylic acids is 2. The minimum absolute atomic E-state index is 0.0830. The third kappa shape index (κ3) is 6.89. The molecule has 0 fully saturated rings. The standard InChI is InChI=1S/C27H27N5O4S/c28-23(33)9-8-22(27(35)36)32-25(34)20-7-6-17(15-21(20)18-4-2-1-3-5-18)14-19(26-31-12-13-37-26)16-24-29-10-11-30-24/h1-7,10-13,15,19,22H,8-9,14,16H2,(H2,28,33)(H,29,30)(H,32,34)(H,35,36)/t19?,22-/m0/s1. The number of carbonyl (C=O) groups is 3. The van der Waals surface area contributed by atoms with Crippen molar-refractivity contribution in [2.75, 3.05) is 0 Å². The second-order valence-corrected chi connectivity index (χ2v) is 9.55. The molecule has 2 atom stereocenters. The monoisotopic (exact) mass is 517 g/mol. The molecule has 0 aliphatic heterocycles. The molecule has 2 amide bonds. The Morgan fingerprint density at radius 3 is 2.51 bits per heavy atom. The number of nitrogens with two attached hydrogens (primary N) is 1. The molecule has 0 aliphatic carbocycles. The summed E-state index contributed by atoms with van der Waals surface area (Å²) in [6.07, 6.45) is 6.43. The SMILES string of the molecule is NC(=O)CC[C@H](NC(=O)c1ccc(CC(Cc2ncc[nH]2)c2nccs2)cc1-c1ccccc1)C(=O)O. The Bertz CT molecular complexity index is 1340.